The van der Waals surface area contributed by atoms with Gasteiger partial charge in [-0.1, -0.05) is 24.3 Å². The molecule has 0 atom stereocenters. The fraction of sp³-hybridized carbons (Fsp3) is 0.364. The zero-order valence-corrected chi connectivity index (χ0v) is 24.5. The summed E-state index contributed by atoms with van der Waals surface area (Å²) in [7, 11) is 5.78. The summed E-state index contributed by atoms with van der Waals surface area (Å²) in [5.41, 5.74) is 5.40. The van der Waals surface area contributed by atoms with Gasteiger partial charge in [-0.15, -0.1) is 0 Å². The summed E-state index contributed by atoms with van der Waals surface area (Å²) in [4.78, 5) is 41.2. The lowest BCUT2D eigenvalue weighted by Crippen LogP contribution is -2.42. The van der Waals surface area contributed by atoms with Crippen molar-refractivity contribution in [2.24, 2.45) is 0 Å². The molecule has 1 saturated heterocycles. The van der Waals surface area contributed by atoms with E-state index >= 15 is 0 Å². The minimum atomic E-state index is -0.520. The fourth-order valence-corrected chi connectivity index (χ4v) is 6.23. The van der Waals surface area contributed by atoms with Crippen LogP contribution in [0.1, 0.15) is 41.6 Å². The fourth-order valence-electron chi connectivity index (χ4n) is 6.23. The van der Waals surface area contributed by atoms with Crippen molar-refractivity contribution in [3.63, 3.8) is 0 Å². The summed E-state index contributed by atoms with van der Waals surface area (Å²) in [6, 6.07) is 20.0. The molecule has 0 aliphatic carbocycles. The Morgan fingerprint density at radius 1 is 1.05 bits per heavy atom. The molecule has 1 N–H and O–H groups in total. The van der Waals surface area contributed by atoms with Gasteiger partial charge in [0.05, 0.1) is 12.6 Å². The van der Waals surface area contributed by atoms with Crippen molar-refractivity contribution in [2.75, 3.05) is 50.6 Å². The molecule has 42 heavy (non-hydrogen) atoms. The molecule has 3 heterocycles. The van der Waals surface area contributed by atoms with Gasteiger partial charge >= 0.3 is 12.0 Å². The predicted molar refractivity (Wildman–Crippen MR) is 164 cm³/mol. The number of methoxy groups -OCH3 is 1. The second-order valence-corrected chi connectivity index (χ2v) is 11.3. The molecule has 6 rings (SSSR count). The molecule has 0 bridgehead atoms. The van der Waals surface area contributed by atoms with Crippen LogP contribution in [0.25, 0.3) is 11.0 Å². The van der Waals surface area contributed by atoms with Crippen molar-refractivity contribution in [1.82, 2.24) is 14.9 Å². The number of para-hydroxylation sites is 2. The second kappa shape index (κ2) is 11.8. The Hall–Kier alpha value is -4.46. The van der Waals surface area contributed by atoms with Crippen LogP contribution in [0.15, 0.2) is 60.7 Å². The summed E-state index contributed by atoms with van der Waals surface area (Å²) in [6.07, 6.45) is 7.18. The number of piperidine rings is 1. The molecule has 0 radical (unpaired) electrons. The Morgan fingerprint density at radius 3 is 2.62 bits per heavy atom. The maximum absolute atomic E-state index is 13.9. The number of rotatable bonds is 6. The SMILES string of the molecule is COc1cc(N2CCCCc3ccccc32)ccc1C(=O)[N+](=C=O)c1cccc2[nH]c(N3CCC(N(C)C)CC3)nc12. The summed E-state index contributed by atoms with van der Waals surface area (Å²) in [5.74, 6) is 0.624. The normalized spacial score (nSPS) is 15.8. The first-order valence-electron chi connectivity index (χ1n) is 14.6. The number of nitrogens with zero attached hydrogens (tertiary/aromatic N) is 5. The van der Waals surface area contributed by atoms with Gasteiger partial charge in [0.15, 0.2) is 5.52 Å². The van der Waals surface area contributed by atoms with Crippen molar-refractivity contribution in [2.45, 2.75) is 38.1 Å². The zero-order valence-electron chi connectivity index (χ0n) is 24.5. The lowest BCUT2D eigenvalue weighted by molar-refractivity contribution is -0.330. The number of ether oxygens (including phenoxy) is 1. The van der Waals surface area contributed by atoms with Crippen molar-refractivity contribution in [1.29, 1.82) is 0 Å². The molecule has 0 unspecified atom stereocenters. The van der Waals surface area contributed by atoms with E-state index < -0.39 is 5.91 Å². The molecule has 1 fully saturated rings. The molecule has 2 aliphatic heterocycles. The maximum atomic E-state index is 13.9. The van der Waals surface area contributed by atoms with E-state index in [4.69, 9.17) is 9.72 Å². The van der Waals surface area contributed by atoms with Crippen LogP contribution < -0.4 is 14.5 Å². The number of benzene rings is 3. The monoisotopic (exact) mass is 565 g/mol. The first-order chi connectivity index (χ1) is 20.5. The van der Waals surface area contributed by atoms with Crippen LogP contribution in [-0.2, 0) is 11.2 Å². The van der Waals surface area contributed by atoms with Crippen LogP contribution in [0.4, 0.5) is 23.0 Å². The predicted octanol–water partition coefficient (Wildman–Crippen LogP) is 5.40. The van der Waals surface area contributed by atoms with Crippen LogP contribution in [0.2, 0.25) is 0 Å². The minimum absolute atomic E-state index is 0.284. The van der Waals surface area contributed by atoms with E-state index in [1.165, 1.54) is 11.3 Å². The number of imidazole rings is 1. The highest BCUT2D eigenvalue weighted by Gasteiger charge is 2.32. The van der Waals surface area contributed by atoms with E-state index in [1.807, 2.05) is 30.3 Å². The van der Waals surface area contributed by atoms with Gasteiger partial charge in [-0.05, 0) is 80.6 Å². The van der Waals surface area contributed by atoms with Gasteiger partial charge in [-0.25, -0.2) is 9.78 Å². The number of aryl methyl sites for hydroxylation is 1. The van der Waals surface area contributed by atoms with Crippen molar-refractivity contribution < 1.29 is 18.9 Å². The number of fused-ring (bicyclic) bond motifs is 2. The number of aromatic amines is 1. The molecule has 3 aromatic carbocycles. The van der Waals surface area contributed by atoms with Crippen LogP contribution in [-0.4, -0.2) is 78.3 Å². The third-order valence-corrected chi connectivity index (χ3v) is 8.60. The van der Waals surface area contributed by atoms with Gasteiger partial charge in [-0.3, -0.25) is 0 Å². The minimum Gasteiger partial charge on any atom is -0.496 e. The molecule has 2 aliphatic rings. The van der Waals surface area contributed by atoms with Crippen molar-refractivity contribution >= 4 is 46.0 Å². The topological polar surface area (TPSA) is 84.8 Å². The largest absolute Gasteiger partial charge is 0.496 e. The number of nitrogens with one attached hydrogen (secondary N) is 1. The number of hydrogen-bond donors (Lipinski definition) is 1. The number of H-pyrrole nitrogens is 1. The highest BCUT2D eigenvalue weighted by molar-refractivity contribution is 5.97. The number of hydrogen-bond acceptors (Lipinski definition) is 7. The average Bonchev–Trinajstić information content (AvgIpc) is 3.35. The van der Waals surface area contributed by atoms with Gasteiger partial charge < -0.3 is 24.4 Å². The Labute approximate surface area is 246 Å². The van der Waals surface area contributed by atoms with Crippen molar-refractivity contribution in [3.05, 3.63) is 71.8 Å². The number of isocyanates is 1. The van der Waals surface area contributed by atoms with E-state index in [0.717, 1.165) is 73.5 Å². The van der Waals surface area contributed by atoms with Crippen LogP contribution in [0.5, 0.6) is 5.75 Å². The summed E-state index contributed by atoms with van der Waals surface area (Å²) < 4.78 is 6.71. The number of anilines is 3. The van der Waals surface area contributed by atoms with E-state index in [1.54, 1.807) is 19.2 Å². The lowest BCUT2D eigenvalue weighted by Gasteiger charge is -2.34. The van der Waals surface area contributed by atoms with Gasteiger partial charge in [0, 0.05) is 49.2 Å². The number of amides is 1. The van der Waals surface area contributed by atoms with E-state index in [9.17, 15) is 9.59 Å². The van der Waals surface area contributed by atoms with Gasteiger partial charge in [0.2, 0.25) is 5.95 Å². The maximum Gasteiger partial charge on any atom is 0.440 e. The first-order valence-corrected chi connectivity index (χ1v) is 14.6. The molecule has 1 aromatic heterocycles. The highest BCUT2D eigenvalue weighted by atomic mass is 16.5. The van der Waals surface area contributed by atoms with Crippen LogP contribution >= 0.6 is 0 Å². The van der Waals surface area contributed by atoms with E-state index in [-0.39, 0.29) is 5.56 Å². The highest BCUT2D eigenvalue weighted by Crippen LogP contribution is 2.36. The van der Waals surface area contributed by atoms with Gasteiger partial charge in [0.1, 0.15) is 11.3 Å². The molecule has 216 valence electrons. The standard InChI is InChI=1S/C33H37N6O3/c1-36(2)24-16-19-37(20-17-24)33-34-27-11-8-13-29(31(27)35-33)39(22-40)32(41)26-15-14-25(21-30(26)42-3)38-18-7-6-10-23-9-4-5-12-28(23)38/h4-5,8-9,11-15,21,24H,6-7,10,16-20H2,1-3H3,(H,34,35)/q+1. The Bertz CT molecular complexity index is 1660. The molecular weight excluding hydrogens is 528 g/mol. The summed E-state index contributed by atoms with van der Waals surface area (Å²) in [5, 5.41) is 0. The first kappa shape index (κ1) is 27.7. The average molecular weight is 566 g/mol. The smallest absolute Gasteiger partial charge is 0.440 e. The van der Waals surface area contributed by atoms with Gasteiger partial charge in [-0.2, -0.15) is 4.79 Å². The van der Waals surface area contributed by atoms with E-state index in [0.29, 0.717) is 23.0 Å². The number of carbonyl (C=O) groups is 1. The molecule has 9 heteroatoms. The zero-order chi connectivity index (χ0) is 29.2. The van der Waals surface area contributed by atoms with Crippen molar-refractivity contribution in [3.8, 4) is 5.75 Å². The lowest BCUT2D eigenvalue weighted by atomic mass is 10.0. The second-order valence-electron chi connectivity index (χ2n) is 11.3. The Balaban J connectivity index is 1.31. The molecule has 0 saturated carbocycles. The molecule has 0 spiro atoms. The molecule has 4 aromatic rings. The molecule has 9 nitrogen and oxygen atoms in total. The Morgan fingerprint density at radius 2 is 1.86 bits per heavy atom. The summed E-state index contributed by atoms with van der Waals surface area (Å²) in [6.45, 7) is 2.63. The van der Waals surface area contributed by atoms with Crippen LogP contribution in [0.3, 0.4) is 0 Å². The summed E-state index contributed by atoms with van der Waals surface area (Å²) >= 11 is 0. The molecule has 1 amide bonds. The number of aromatic nitrogens is 2. The quantitative estimate of drug-likeness (QED) is 0.190. The molecular formula is C33H37N6O3+. The van der Waals surface area contributed by atoms with E-state index in [2.05, 4.69) is 58.0 Å². The Kier molecular flexibility index (Phi) is 7.78. The number of carbonyl (C=O) groups excluding carboxylic acids is 2. The van der Waals surface area contributed by atoms with Gasteiger partial charge in [0.25, 0.3) is 5.69 Å². The third kappa shape index (κ3) is 5.17. The van der Waals surface area contributed by atoms with Crippen LogP contribution in [0, 0.1) is 0 Å². The third-order valence-electron chi connectivity index (χ3n) is 8.60.